The Hall–Kier alpha value is -2.41. The predicted molar refractivity (Wildman–Crippen MR) is 94.9 cm³/mol. The second-order valence-corrected chi connectivity index (χ2v) is 6.40. The van der Waals surface area contributed by atoms with Crippen LogP contribution in [0.2, 0.25) is 0 Å². The van der Waals surface area contributed by atoms with Gasteiger partial charge in [0.15, 0.2) is 0 Å². The van der Waals surface area contributed by atoms with Crippen molar-refractivity contribution in [2.24, 2.45) is 0 Å². The van der Waals surface area contributed by atoms with Crippen molar-refractivity contribution in [1.29, 1.82) is 0 Å². The van der Waals surface area contributed by atoms with Crippen molar-refractivity contribution in [2.45, 2.75) is 30.0 Å². The van der Waals surface area contributed by atoms with Crippen LogP contribution in [0.4, 0.5) is 14.5 Å². The van der Waals surface area contributed by atoms with E-state index >= 15 is 0 Å². The molecule has 132 valence electrons. The maximum absolute atomic E-state index is 12.6. The van der Waals surface area contributed by atoms with E-state index in [1.54, 1.807) is 49.4 Å². The second kappa shape index (κ2) is 9.17. The molecule has 0 unspecified atom stereocenters. The van der Waals surface area contributed by atoms with E-state index in [2.05, 4.69) is 10.6 Å². The lowest BCUT2D eigenvalue weighted by molar-refractivity contribution is -0.116. The maximum Gasteiger partial charge on any atom is 0.288 e. The van der Waals surface area contributed by atoms with Gasteiger partial charge < -0.3 is 10.6 Å². The van der Waals surface area contributed by atoms with Gasteiger partial charge in [-0.2, -0.15) is 8.78 Å². The molecule has 0 heterocycles. The number of halogens is 2. The number of hydrogen-bond acceptors (Lipinski definition) is 3. The van der Waals surface area contributed by atoms with E-state index in [0.29, 0.717) is 27.9 Å². The first kappa shape index (κ1) is 18.9. The molecular weight excluding hydrogens is 346 g/mol. The highest BCUT2D eigenvalue weighted by Crippen LogP contribution is 2.31. The summed E-state index contributed by atoms with van der Waals surface area (Å²) in [5.74, 6) is -3.19. The minimum atomic E-state index is -2.57. The van der Waals surface area contributed by atoms with Crippen molar-refractivity contribution in [3.8, 4) is 0 Å². The third-order valence-corrected chi connectivity index (χ3v) is 4.07. The van der Waals surface area contributed by atoms with Crippen LogP contribution in [0.3, 0.4) is 0 Å². The van der Waals surface area contributed by atoms with Crippen LogP contribution in [-0.2, 0) is 4.79 Å². The average molecular weight is 364 g/mol. The van der Waals surface area contributed by atoms with Gasteiger partial charge in [0.05, 0.1) is 5.69 Å². The molecule has 2 amide bonds. The Kier molecular flexibility index (Phi) is 6.94. The van der Waals surface area contributed by atoms with Crippen LogP contribution >= 0.6 is 11.8 Å². The topological polar surface area (TPSA) is 58.2 Å². The average Bonchev–Trinajstić information content (AvgIpc) is 2.56. The molecule has 1 atom stereocenters. The standard InChI is InChI=1S/C18H18F2N2O2S/c1-12(21-17(24)13-7-3-2-4-8-13)11-16(23)22-14-9-5-6-10-15(14)25-18(19)20/h2-10,12,18H,11H2,1H3,(H,21,24)(H,22,23)/t12-/m1/s1. The summed E-state index contributed by atoms with van der Waals surface area (Å²) in [5, 5.41) is 5.35. The normalized spacial score (nSPS) is 11.8. The SMILES string of the molecule is C[C@H](CC(=O)Nc1ccccc1SC(F)F)NC(=O)c1ccccc1. The van der Waals surface area contributed by atoms with Gasteiger partial charge in [-0.05, 0) is 31.2 Å². The Labute approximate surface area is 149 Å². The molecule has 2 aromatic carbocycles. The third kappa shape index (κ3) is 6.19. The van der Waals surface area contributed by atoms with Crippen molar-refractivity contribution in [3.63, 3.8) is 0 Å². The van der Waals surface area contributed by atoms with Gasteiger partial charge >= 0.3 is 0 Å². The van der Waals surface area contributed by atoms with Gasteiger partial charge in [-0.15, -0.1) is 0 Å². The molecule has 0 saturated carbocycles. The highest BCUT2D eigenvalue weighted by Gasteiger charge is 2.15. The Balaban J connectivity index is 1.91. The molecule has 0 aliphatic rings. The van der Waals surface area contributed by atoms with E-state index in [9.17, 15) is 18.4 Å². The van der Waals surface area contributed by atoms with Crippen molar-refractivity contribution in [3.05, 3.63) is 60.2 Å². The first-order chi connectivity index (χ1) is 12.0. The number of carbonyl (C=O) groups is 2. The van der Waals surface area contributed by atoms with Crippen molar-refractivity contribution in [2.75, 3.05) is 5.32 Å². The molecule has 0 spiro atoms. The highest BCUT2D eigenvalue weighted by molar-refractivity contribution is 7.99. The van der Waals surface area contributed by atoms with Crippen LogP contribution in [0, 0.1) is 0 Å². The minimum Gasteiger partial charge on any atom is -0.349 e. The molecule has 2 aromatic rings. The number of para-hydroxylation sites is 1. The van der Waals surface area contributed by atoms with Gasteiger partial charge in [-0.3, -0.25) is 9.59 Å². The molecular formula is C18H18F2N2O2S. The largest absolute Gasteiger partial charge is 0.349 e. The molecule has 0 bridgehead atoms. The monoisotopic (exact) mass is 364 g/mol. The van der Waals surface area contributed by atoms with Crippen LogP contribution in [0.1, 0.15) is 23.7 Å². The zero-order chi connectivity index (χ0) is 18.2. The Morgan fingerprint density at radius 3 is 2.36 bits per heavy atom. The lowest BCUT2D eigenvalue weighted by Gasteiger charge is -2.15. The Morgan fingerprint density at radius 1 is 1.04 bits per heavy atom. The van der Waals surface area contributed by atoms with Crippen LogP contribution in [0.25, 0.3) is 0 Å². The predicted octanol–water partition coefficient (Wildman–Crippen LogP) is 4.15. The lowest BCUT2D eigenvalue weighted by atomic mass is 10.1. The summed E-state index contributed by atoms with van der Waals surface area (Å²) in [7, 11) is 0. The Bertz CT molecular complexity index is 726. The van der Waals surface area contributed by atoms with Crippen LogP contribution in [0.5, 0.6) is 0 Å². The third-order valence-electron chi connectivity index (χ3n) is 3.28. The second-order valence-electron chi connectivity index (χ2n) is 5.37. The van der Waals surface area contributed by atoms with Crippen LogP contribution < -0.4 is 10.6 Å². The molecule has 25 heavy (non-hydrogen) atoms. The van der Waals surface area contributed by atoms with Crippen LogP contribution in [-0.4, -0.2) is 23.6 Å². The fourth-order valence-corrected chi connectivity index (χ4v) is 2.79. The molecule has 0 saturated heterocycles. The summed E-state index contributed by atoms with van der Waals surface area (Å²) < 4.78 is 25.1. The van der Waals surface area contributed by atoms with Crippen LogP contribution in [0.15, 0.2) is 59.5 Å². The summed E-state index contributed by atoms with van der Waals surface area (Å²) in [6.45, 7) is 1.71. The lowest BCUT2D eigenvalue weighted by Crippen LogP contribution is -2.35. The van der Waals surface area contributed by atoms with Gasteiger partial charge in [0, 0.05) is 22.9 Å². The van der Waals surface area contributed by atoms with E-state index in [1.807, 2.05) is 6.07 Å². The van der Waals surface area contributed by atoms with Gasteiger partial charge in [0.25, 0.3) is 11.7 Å². The number of nitrogens with one attached hydrogen (secondary N) is 2. The zero-order valence-electron chi connectivity index (χ0n) is 13.5. The molecule has 0 aliphatic carbocycles. The zero-order valence-corrected chi connectivity index (χ0v) is 14.4. The van der Waals surface area contributed by atoms with Crippen molar-refractivity contribution < 1.29 is 18.4 Å². The molecule has 0 radical (unpaired) electrons. The van der Waals surface area contributed by atoms with Gasteiger partial charge in [-0.1, -0.05) is 42.1 Å². The quantitative estimate of drug-likeness (QED) is 0.726. The number of hydrogen-bond donors (Lipinski definition) is 2. The first-order valence-corrected chi connectivity index (χ1v) is 8.53. The van der Waals surface area contributed by atoms with E-state index in [-0.39, 0.29) is 18.2 Å². The number of benzene rings is 2. The van der Waals surface area contributed by atoms with E-state index in [4.69, 9.17) is 0 Å². The molecule has 0 aliphatic heterocycles. The van der Waals surface area contributed by atoms with Crippen molar-refractivity contribution in [1.82, 2.24) is 5.32 Å². The maximum atomic E-state index is 12.6. The number of carbonyl (C=O) groups excluding carboxylic acids is 2. The summed E-state index contributed by atoms with van der Waals surface area (Å²) in [6.07, 6.45) is 0.0340. The van der Waals surface area contributed by atoms with Gasteiger partial charge in [0.2, 0.25) is 5.91 Å². The van der Waals surface area contributed by atoms with Crippen molar-refractivity contribution >= 4 is 29.3 Å². The number of anilines is 1. The van der Waals surface area contributed by atoms with Gasteiger partial charge in [-0.25, -0.2) is 0 Å². The smallest absolute Gasteiger partial charge is 0.288 e. The van der Waals surface area contributed by atoms with Gasteiger partial charge in [0.1, 0.15) is 0 Å². The molecule has 0 aromatic heterocycles. The number of thioether (sulfide) groups is 1. The number of alkyl halides is 2. The molecule has 7 heteroatoms. The number of rotatable bonds is 7. The minimum absolute atomic E-state index is 0.0340. The fourth-order valence-electron chi connectivity index (χ4n) is 2.20. The first-order valence-electron chi connectivity index (χ1n) is 7.65. The van der Waals surface area contributed by atoms with E-state index < -0.39 is 11.8 Å². The van der Waals surface area contributed by atoms with E-state index in [1.165, 1.54) is 6.07 Å². The summed E-state index contributed by atoms with van der Waals surface area (Å²) in [4.78, 5) is 24.5. The summed E-state index contributed by atoms with van der Waals surface area (Å²) in [6, 6.07) is 14.6. The number of amides is 2. The molecule has 4 nitrogen and oxygen atoms in total. The highest BCUT2D eigenvalue weighted by atomic mass is 32.2. The summed E-state index contributed by atoms with van der Waals surface area (Å²) >= 11 is 0.376. The van der Waals surface area contributed by atoms with E-state index in [0.717, 1.165) is 0 Å². The Morgan fingerprint density at radius 2 is 1.68 bits per heavy atom. The molecule has 0 fully saturated rings. The molecule has 2 rings (SSSR count). The fraction of sp³-hybridized carbons (Fsp3) is 0.222. The summed E-state index contributed by atoms with van der Waals surface area (Å²) in [5.41, 5.74) is 0.841. The molecule has 2 N–H and O–H groups in total.